The molecular formula is C15H17N3O2. The molecule has 5 heteroatoms. The highest BCUT2D eigenvalue weighted by molar-refractivity contribution is 6.09. The summed E-state index contributed by atoms with van der Waals surface area (Å²) >= 11 is 0. The smallest absolute Gasteiger partial charge is 0.256 e. The molecule has 1 saturated heterocycles. The number of hydrogen-bond donors (Lipinski definition) is 1. The molecule has 0 atom stereocenters. The molecule has 1 aliphatic heterocycles. The fourth-order valence-corrected chi connectivity index (χ4v) is 2.50. The van der Waals surface area contributed by atoms with Gasteiger partial charge in [-0.05, 0) is 5.39 Å². The number of anilines is 1. The normalized spacial score (nSPS) is 15.3. The highest BCUT2D eigenvalue weighted by Gasteiger charge is 2.21. The number of carbonyl (C=O) groups is 1. The molecule has 1 aromatic heterocycles. The molecule has 0 saturated carbocycles. The standard InChI is InChI=1S/C15H17N3O2/c1-16-14-12-5-3-2-4-11(12)13(10-17-14)15(19)18-6-8-20-9-7-18/h2-5,10H,6-9H2,1H3,(H,16,17). The fourth-order valence-electron chi connectivity index (χ4n) is 2.50. The number of nitrogens with one attached hydrogen (secondary N) is 1. The molecule has 0 radical (unpaired) electrons. The first-order valence-electron chi connectivity index (χ1n) is 6.74. The lowest BCUT2D eigenvalue weighted by atomic mass is 10.1. The number of hydrogen-bond acceptors (Lipinski definition) is 4. The maximum absolute atomic E-state index is 12.6. The highest BCUT2D eigenvalue weighted by atomic mass is 16.5. The van der Waals surface area contributed by atoms with E-state index in [-0.39, 0.29) is 5.91 Å². The molecule has 0 aliphatic carbocycles. The van der Waals surface area contributed by atoms with Crippen LogP contribution in [0.25, 0.3) is 10.8 Å². The second-order valence-corrected chi connectivity index (χ2v) is 4.72. The number of benzene rings is 1. The Balaban J connectivity index is 2.05. The third kappa shape index (κ3) is 2.20. The molecule has 0 bridgehead atoms. The lowest BCUT2D eigenvalue weighted by Gasteiger charge is -2.27. The SMILES string of the molecule is CNc1ncc(C(=O)N2CCOCC2)c2ccccc12. The van der Waals surface area contributed by atoms with Gasteiger partial charge in [0.05, 0.1) is 18.8 Å². The second kappa shape index (κ2) is 5.46. The molecule has 1 aliphatic rings. The summed E-state index contributed by atoms with van der Waals surface area (Å²) in [5.41, 5.74) is 0.654. The predicted molar refractivity (Wildman–Crippen MR) is 78.0 cm³/mol. The van der Waals surface area contributed by atoms with E-state index in [2.05, 4.69) is 10.3 Å². The second-order valence-electron chi connectivity index (χ2n) is 4.72. The zero-order chi connectivity index (χ0) is 13.9. The van der Waals surface area contributed by atoms with Crippen molar-refractivity contribution >= 4 is 22.5 Å². The molecule has 1 aromatic carbocycles. The summed E-state index contributed by atoms with van der Waals surface area (Å²) in [7, 11) is 1.83. The van der Waals surface area contributed by atoms with Gasteiger partial charge in [-0.15, -0.1) is 0 Å². The Morgan fingerprint density at radius 3 is 2.65 bits per heavy atom. The van der Waals surface area contributed by atoms with Crippen molar-refractivity contribution in [3.05, 3.63) is 36.0 Å². The molecule has 5 nitrogen and oxygen atoms in total. The van der Waals surface area contributed by atoms with Crippen molar-refractivity contribution in [1.29, 1.82) is 0 Å². The average molecular weight is 271 g/mol. The maximum atomic E-state index is 12.6. The lowest BCUT2D eigenvalue weighted by molar-refractivity contribution is 0.0304. The van der Waals surface area contributed by atoms with Crippen LogP contribution in [0, 0.1) is 0 Å². The number of amides is 1. The van der Waals surface area contributed by atoms with Gasteiger partial charge in [-0.3, -0.25) is 4.79 Å². The van der Waals surface area contributed by atoms with E-state index in [4.69, 9.17) is 4.74 Å². The average Bonchev–Trinajstić information content (AvgIpc) is 2.54. The third-order valence-electron chi connectivity index (χ3n) is 3.56. The monoisotopic (exact) mass is 271 g/mol. The van der Waals surface area contributed by atoms with Gasteiger partial charge in [0.2, 0.25) is 0 Å². The Labute approximate surface area is 117 Å². The van der Waals surface area contributed by atoms with E-state index in [1.54, 1.807) is 6.20 Å². The van der Waals surface area contributed by atoms with Gasteiger partial charge >= 0.3 is 0 Å². The van der Waals surface area contributed by atoms with E-state index in [0.29, 0.717) is 31.9 Å². The zero-order valence-electron chi connectivity index (χ0n) is 11.4. The number of nitrogens with zero attached hydrogens (tertiary/aromatic N) is 2. The number of aromatic nitrogens is 1. The van der Waals surface area contributed by atoms with Crippen LogP contribution < -0.4 is 5.32 Å². The summed E-state index contributed by atoms with van der Waals surface area (Å²) < 4.78 is 5.29. The summed E-state index contributed by atoms with van der Waals surface area (Å²) in [6.45, 7) is 2.49. The first kappa shape index (κ1) is 12.9. The van der Waals surface area contributed by atoms with E-state index in [9.17, 15) is 4.79 Å². The number of carbonyl (C=O) groups excluding carboxylic acids is 1. The molecule has 104 valence electrons. The number of ether oxygens (including phenoxy) is 1. The number of fused-ring (bicyclic) bond motifs is 1. The minimum Gasteiger partial charge on any atom is -0.378 e. The van der Waals surface area contributed by atoms with E-state index < -0.39 is 0 Å². The Morgan fingerprint density at radius 2 is 1.95 bits per heavy atom. The summed E-state index contributed by atoms with van der Waals surface area (Å²) in [6.07, 6.45) is 1.66. The van der Waals surface area contributed by atoms with Crippen LogP contribution in [0.4, 0.5) is 5.82 Å². The van der Waals surface area contributed by atoms with Crippen molar-refractivity contribution in [2.45, 2.75) is 0 Å². The minimum atomic E-state index is 0.0275. The fraction of sp³-hybridized carbons (Fsp3) is 0.333. The van der Waals surface area contributed by atoms with Gasteiger partial charge in [0.25, 0.3) is 5.91 Å². The Bertz CT molecular complexity index is 636. The molecule has 0 spiro atoms. The topological polar surface area (TPSA) is 54.5 Å². The van der Waals surface area contributed by atoms with E-state index in [1.807, 2.05) is 36.2 Å². The molecule has 0 unspecified atom stereocenters. The van der Waals surface area contributed by atoms with E-state index in [0.717, 1.165) is 16.6 Å². The summed E-state index contributed by atoms with van der Waals surface area (Å²) in [5.74, 6) is 0.818. The molecule has 3 rings (SSSR count). The number of rotatable bonds is 2. The van der Waals surface area contributed by atoms with Gasteiger partial charge in [0, 0.05) is 31.7 Å². The van der Waals surface area contributed by atoms with Crippen LogP contribution in [-0.4, -0.2) is 49.1 Å². The van der Waals surface area contributed by atoms with Crippen molar-refractivity contribution in [1.82, 2.24) is 9.88 Å². The van der Waals surface area contributed by atoms with Crippen LogP contribution in [-0.2, 0) is 4.74 Å². The van der Waals surface area contributed by atoms with Crippen LogP contribution in [0.1, 0.15) is 10.4 Å². The molecule has 1 fully saturated rings. The molecule has 1 amide bonds. The van der Waals surface area contributed by atoms with Crippen molar-refractivity contribution in [2.24, 2.45) is 0 Å². The van der Waals surface area contributed by atoms with Gasteiger partial charge < -0.3 is 15.0 Å². The molecule has 1 N–H and O–H groups in total. The Hall–Kier alpha value is -2.14. The van der Waals surface area contributed by atoms with Crippen LogP contribution >= 0.6 is 0 Å². The van der Waals surface area contributed by atoms with Crippen molar-refractivity contribution in [3.63, 3.8) is 0 Å². The van der Waals surface area contributed by atoms with Gasteiger partial charge in [-0.2, -0.15) is 0 Å². The largest absolute Gasteiger partial charge is 0.378 e. The third-order valence-corrected chi connectivity index (χ3v) is 3.56. The van der Waals surface area contributed by atoms with Crippen molar-refractivity contribution in [3.8, 4) is 0 Å². The van der Waals surface area contributed by atoms with E-state index in [1.165, 1.54) is 0 Å². The van der Waals surface area contributed by atoms with Gasteiger partial charge in [-0.1, -0.05) is 24.3 Å². The molecule has 2 aromatic rings. The predicted octanol–water partition coefficient (Wildman–Crippen LogP) is 1.75. The van der Waals surface area contributed by atoms with Crippen molar-refractivity contribution < 1.29 is 9.53 Å². The highest BCUT2D eigenvalue weighted by Crippen LogP contribution is 2.25. The quantitative estimate of drug-likeness (QED) is 0.904. The molecule has 20 heavy (non-hydrogen) atoms. The van der Waals surface area contributed by atoms with E-state index >= 15 is 0 Å². The summed E-state index contributed by atoms with van der Waals surface area (Å²) in [4.78, 5) is 18.8. The first-order valence-corrected chi connectivity index (χ1v) is 6.74. The Kier molecular flexibility index (Phi) is 3.52. The van der Waals surface area contributed by atoms with Gasteiger partial charge in [0.15, 0.2) is 0 Å². The molecular weight excluding hydrogens is 254 g/mol. The lowest BCUT2D eigenvalue weighted by Crippen LogP contribution is -2.40. The van der Waals surface area contributed by atoms with Crippen LogP contribution in [0.5, 0.6) is 0 Å². The zero-order valence-corrected chi connectivity index (χ0v) is 11.4. The summed E-state index contributed by atoms with van der Waals surface area (Å²) in [6, 6.07) is 7.83. The minimum absolute atomic E-state index is 0.0275. The van der Waals surface area contributed by atoms with Gasteiger partial charge in [0.1, 0.15) is 5.82 Å². The molecule has 2 heterocycles. The number of pyridine rings is 1. The van der Waals surface area contributed by atoms with Crippen LogP contribution in [0.15, 0.2) is 30.5 Å². The maximum Gasteiger partial charge on any atom is 0.256 e. The van der Waals surface area contributed by atoms with Crippen LogP contribution in [0.2, 0.25) is 0 Å². The Morgan fingerprint density at radius 1 is 1.25 bits per heavy atom. The number of morpholine rings is 1. The summed E-state index contributed by atoms with van der Waals surface area (Å²) in [5, 5.41) is 4.96. The van der Waals surface area contributed by atoms with Crippen molar-refractivity contribution in [2.75, 3.05) is 38.7 Å². The van der Waals surface area contributed by atoms with Gasteiger partial charge in [-0.25, -0.2) is 4.98 Å². The first-order chi connectivity index (χ1) is 9.81. The van der Waals surface area contributed by atoms with Crippen LogP contribution in [0.3, 0.4) is 0 Å².